The van der Waals surface area contributed by atoms with Crippen LogP contribution in [0.25, 0.3) is 0 Å². The molecule has 3 amide bonds. The van der Waals surface area contributed by atoms with E-state index in [9.17, 15) is 31.9 Å². The number of carbonyl (C=O) groups excluding carboxylic acids is 3. The summed E-state index contributed by atoms with van der Waals surface area (Å²) in [6, 6.07) is 5.44. The normalized spacial score (nSPS) is 17.1. The smallest absolute Gasteiger partial charge is 0.407 e. The topological polar surface area (TPSA) is 140 Å². The highest BCUT2D eigenvalue weighted by Gasteiger charge is 2.34. The van der Waals surface area contributed by atoms with Gasteiger partial charge in [-0.2, -0.15) is 0 Å². The highest BCUT2D eigenvalue weighted by atomic mass is 19.1. The zero-order chi connectivity index (χ0) is 34.6. The van der Waals surface area contributed by atoms with Gasteiger partial charge in [0.25, 0.3) is 0 Å². The van der Waals surface area contributed by atoms with Gasteiger partial charge in [-0.3, -0.25) is 9.78 Å². The number of benzene rings is 2. The third-order valence-corrected chi connectivity index (χ3v) is 7.47. The predicted molar refractivity (Wildman–Crippen MR) is 162 cm³/mol. The number of morpholine rings is 1. The Morgan fingerprint density at radius 1 is 1.00 bits per heavy atom. The van der Waals surface area contributed by atoms with E-state index in [1.165, 1.54) is 18.3 Å². The number of nitrogens with one attached hydrogen (secondary N) is 4. The molecule has 4 atom stereocenters. The first-order chi connectivity index (χ1) is 23.1. The van der Waals surface area contributed by atoms with Crippen LogP contribution in [0, 0.1) is 23.3 Å². The van der Waals surface area contributed by atoms with Crippen LogP contribution in [-0.2, 0) is 25.4 Å². The van der Waals surface area contributed by atoms with Crippen molar-refractivity contribution in [1.29, 1.82) is 0 Å². The summed E-state index contributed by atoms with van der Waals surface area (Å²) < 4.78 is 85.4. The molecular formula is C32H34F5N5O6. The van der Waals surface area contributed by atoms with E-state index in [0.29, 0.717) is 19.0 Å². The Bertz CT molecular complexity index is 1540. The highest BCUT2D eigenvalue weighted by Crippen LogP contribution is 2.31. The number of aromatic nitrogens is 1. The Balaban J connectivity index is 1.51. The highest BCUT2D eigenvalue weighted by molar-refractivity contribution is 5.98. The number of alkyl carbamates (subject to hydrolysis) is 2. The largest absolute Gasteiger partial charge is 0.453 e. The lowest BCUT2D eigenvalue weighted by molar-refractivity contribution is -0.118. The van der Waals surface area contributed by atoms with Crippen LogP contribution in [0.5, 0.6) is 0 Å². The summed E-state index contributed by atoms with van der Waals surface area (Å²) in [5.41, 5.74) is 0.207. The third kappa shape index (κ3) is 10.1. The van der Waals surface area contributed by atoms with Crippen molar-refractivity contribution in [3.05, 3.63) is 94.8 Å². The van der Waals surface area contributed by atoms with Gasteiger partial charge in [-0.15, -0.1) is 0 Å². The molecule has 0 spiro atoms. The second-order valence-electron chi connectivity index (χ2n) is 10.8. The number of nitrogens with zero attached hydrogens (tertiary/aromatic N) is 1. The molecule has 0 unspecified atom stereocenters. The summed E-state index contributed by atoms with van der Waals surface area (Å²) in [7, 11) is 1.05. The van der Waals surface area contributed by atoms with Crippen LogP contribution in [0.3, 0.4) is 0 Å². The maximum absolute atomic E-state index is 15.1. The molecule has 11 nitrogen and oxygen atoms in total. The molecule has 0 saturated carbocycles. The molecule has 0 aliphatic carbocycles. The Morgan fingerprint density at radius 2 is 1.73 bits per heavy atom. The van der Waals surface area contributed by atoms with E-state index in [-0.39, 0.29) is 60.7 Å². The number of amides is 3. The number of hydrogen-bond acceptors (Lipinski definition) is 8. The number of methoxy groups -OCH3 is 1. The number of pyridine rings is 1. The summed E-state index contributed by atoms with van der Waals surface area (Å²) in [6.45, 7) is -0.378. The molecule has 1 aromatic heterocycles. The van der Waals surface area contributed by atoms with Gasteiger partial charge in [0.05, 0.1) is 43.9 Å². The number of alkyl halides is 1. The van der Waals surface area contributed by atoms with E-state index < -0.39 is 60.0 Å². The first-order valence-electron chi connectivity index (χ1n) is 14.9. The van der Waals surface area contributed by atoms with Crippen molar-refractivity contribution in [1.82, 2.24) is 20.9 Å². The predicted octanol–water partition coefficient (Wildman–Crippen LogP) is 4.12. The van der Waals surface area contributed by atoms with Crippen molar-refractivity contribution in [2.45, 2.75) is 36.9 Å². The van der Waals surface area contributed by atoms with Crippen LogP contribution in [-0.4, -0.2) is 81.4 Å². The zero-order valence-electron chi connectivity index (χ0n) is 25.7. The van der Waals surface area contributed by atoms with Gasteiger partial charge < -0.3 is 35.5 Å². The van der Waals surface area contributed by atoms with Crippen LogP contribution in [0.15, 0.2) is 54.9 Å². The van der Waals surface area contributed by atoms with E-state index in [1.807, 2.05) is 0 Å². The number of hydrogen-bond donors (Lipinski definition) is 4. The summed E-state index contributed by atoms with van der Waals surface area (Å²) in [4.78, 5) is 41.7. The molecule has 48 heavy (non-hydrogen) atoms. The number of anilines is 1. The molecule has 1 aliphatic heterocycles. The molecule has 4 rings (SSSR count). The van der Waals surface area contributed by atoms with Crippen LogP contribution < -0.4 is 21.3 Å². The molecule has 1 saturated heterocycles. The molecule has 258 valence electrons. The molecule has 4 N–H and O–H groups in total. The number of rotatable bonds is 13. The number of carbonyl (C=O) groups is 3. The van der Waals surface area contributed by atoms with Crippen LogP contribution >= 0.6 is 0 Å². The Morgan fingerprint density at radius 3 is 2.38 bits per heavy atom. The zero-order valence-corrected chi connectivity index (χ0v) is 25.7. The second kappa shape index (κ2) is 17.4. The number of halogens is 5. The van der Waals surface area contributed by atoms with E-state index in [1.54, 1.807) is 0 Å². The Kier molecular flexibility index (Phi) is 13.0. The second-order valence-corrected chi connectivity index (χ2v) is 10.8. The van der Waals surface area contributed by atoms with E-state index in [0.717, 1.165) is 37.6 Å². The van der Waals surface area contributed by atoms with Crippen molar-refractivity contribution >= 4 is 23.8 Å². The lowest BCUT2D eigenvalue weighted by Gasteiger charge is -2.30. The fraction of sp³-hybridized carbons (Fsp3) is 0.375. The van der Waals surface area contributed by atoms with Gasteiger partial charge in [0.1, 0.15) is 42.6 Å². The lowest BCUT2D eigenvalue weighted by atomic mass is 9.84. The maximum Gasteiger partial charge on any atom is 0.407 e. The lowest BCUT2D eigenvalue weighted by Crippen LogP contribution is -2.49. The number of ether oxygens (including phenoxy) is 3. The van der Waals surface area contributed by atoms with Crippen LogP contribution in [0.1, 0.15) is 29.0 Å². The summed E-state index contributed by atoms with van der Waals surface area (Å²) in [5.74, 6) is -5.43. The van der Waals surface area contributed by atoms with Crippen molar-refractivity contribution in [2.24, 2.45) is 0 Å². The van der Waals surface area contributed by atoms with Crippen LogP contribution in [0.4, 0.5) is 37.2 Å². The average molecular weight is 680 g/mol. The van der Waals surface area contributed by atoms with E-state index in [4.69, 9.17) is 14.2 Å². The van der Waals surface area contributed by atoms with Crippen molar-refractivity contribution in [2.75, 3.05) is 45.4 Å². The minimum absolute atomic E-state index is 0.0119. The minimum Gasteiger partial charge on any atom is -0.453 e. The van der Waals surface area contributed by atoms with E-state index in [2.05, 4.69) is 26.3 Å². The SMILES string of the molecule is COC(=O)N[C@H](C(=O)Nc1cncc(F)c1CC[C@@H]1CN[C@H](COC(=O)NCCF)CO1)[C@@H](c1ccc(F)cc1)c1cc(F)cc(F)c1. The fourth-order valence-corrected chi connectivity index (χ4v) is 5.16. The summed E-state index contributed by atoms with van der Waals surface area (Å²) in [5, 5.41) is 10.4. The van der Waals surface area contributed by atoms with Crippen molar-refractivity contribution in [3.8, 4) is 0 Å². The third-order valence-electron chi connectivity index (χ3n) is 7.47. The quantitative estimate of drug-likeness (QED) is 0.198. The Hall–Kier alpha value is -4.83. The van der Waals surface area contributed by atoms with Gasteiger partial charge in [0, 0.05) is 30.6 Å². The molecule has 2 heterocycles. The summed E-state index contributed by atoms with van der Waals surface area (Å²) >= 11 is 0. The van der Waals surface area contributed by atoms with Gasteiger partial charge in [-0.05, 0) is 48.2 Å². The fourth-order valence-electron chi connectivity index (χ4n) is 5.16. The molecule has 16 heteroatoms. The molecule has 1 aliphatic rings. The molecule has 2 aromatic carbocycles. The Labute approximate surface area is 272 Å². The van der Waals surface area contributed by atoms with Crippen molar-refractivity contribution < 1.29 is 50.5 Å². The van der Waals surface area contributed by atoms with Gasteiger partial charge in [0.15, 0.2) is 0 Å². The maximum atomic E-state index is 15.1. The molecule has 1 fully saturated rings. The first-order valence-corrected chi connectivity index (χ1v) is 14.9. The van der Waals surface area contributed by atoms with Crippen molar-refractivity contribution in [3.63, 3.8) is 0 Å². The van der Waals surface area contributed by atoms with E-state index >= 15 is 4.39 Å². The minimum atomic E-state index is -1.59. The monoisotopic (exact) mass is 679 g/mol. The molecule has 0 radical (unpaired) electrons. The first kappa shape index (κ1) is 36.0. The van der Waals surface area contributed by atoms with Crippen LogP contribution in [0.2, 0.25) is 0 Å². The summed E-state index contributed by atoms with van der Waals surface area (Å²) in [6.07, 6.45) is 0.366. The average Bonchev–Trinajstić information content (AvgIpc) is 3.06. The van der Waals surface area contributed by atoms with Gasteiger partial charge in [0.2, 0.25) is 5.91 Å². The molecule has 3 aromatic rings. The van der Waals surface area contributed by atoms with Gasteiger partial charge in [-0.1, -0.05) is 12.1 Å². The standard InChI is InChI=1S/C32H34F5N5O6/c1-46-32(45)42-29(28(18-2-4-20(34)5-3-18)19-10-21(35)12-22(36)11-19)30(43)41-27-15-38-14-26(37)25(27)7-6-24-13-40-23(16-47-24)17-48-31(44)39-9-8-33/h2-5,10-12,14-15,23-24,28-29,40H,6-9,13,16-17H2,1H3,(H,39,44)(H,41,43)(H,42,45)/t23-,24+,28-,29-/m0/s1. The van der Waals surface area contributed by atoms with Gasteiger partial charge in [-0.25, -0.2) is 31.5 Å². The molecule has 0 bridgehead atoms. The van der Waals surface area contributed by atoms with Gasteiger partial charge >= 0.3 is 12.2 Å². The molecular weight excluding hydrogens is 645 g/mol.